The topological polar surface area (TPSA) is 60.9 Å². The molecule has 1 amide bonds. The van der Waals surface area contributed by atoms with E-state index in [2.05, 4.69) is 0 Å². The van der Waals surface area contributed by atoms with Gasteiger partial charge in [0.2, 0.25) is 5.91 Å². The lowest BCUT2D eigenvalue weighted by Gasteiger charge is -2.38. The Bertz CT molecular complexity index is 951. The fraction of sp³-hybridized carbons (Fsp3) is 0.391. The highest BCUT2D eigenvalue weighted by molar-refractivity contribution is 6.00. The van der Waals surface area contributed by atoms with Gasteiger partial charge in [0.15, 0.2) is 5.78 Å². The molecule has 1 N–H and O–H groups in total. The SMILES string of the molecule is CC(=O)N1CCc2cc(C(=O)CN3CCC(O)(c4ccccc4F)CC3)ccc21. The number of rotatable bonds is 4. The van der Waals surface area contributed by atoms with Gasteiger partial charge >= 0.3 is 0 Å². The molecule has 0 unspecified atom stereocenters. The molecule has 0 atom stereocenters. The Balaban J connectivity index is 1.40. The summed E-state index contributed by atoms with van der Waals surface area (Å²) >= 11 is 0. The fourth-order valence-electron chi connectivity index (χ4n) is 4.39. The minimum absolute atomic E-state index is 0.0125. The molecule has 1 fully saturated rings. The van der Waals surface area contributed by atoms with Gasteiger partial charge < -0.3 is 10.0 Å². The van der Waals surface area contributed by atoms with E-state index in [-0.39, 0.29) is 18.2 Å². The zero-order valence-corrected chi connectivity index (χ0v) is 16.5. The number of piperidine rings is 1. The van der Waals surface area contributed by atoms with Gasteiger partial charge in [-0.25, -0.2) is 4.39 Å². The monoisotopic (exact) mass is 396 g/mol. The van der Waals surface area contributed by atoms with Crippen LogP contribution in [0.4, 0.5) is 10.1 Å². The van der Waals surface area contributed by atoms with Gasteiger partial charge in [-0.05, 0) is 49.1 Å². The standard InChI is InChI=1S/C23H25FN2O3/c1-16(27)26-11-8-17-14-18(6-7-21(17)26)22(28)15-25-12-9-23(29,10-13-25)19-4-2-3-5-20(19)24/h2-7,14,29H,8-13,15H2,1H3. The number of carbonyl (C=O) groups excluding carboxylic acids is 2. The van der Waals surface area contributed by atoms with Gasteiger partial charge in [0, 0.05) is 43.4 Å². The van der Waals surface area contributed by atoms with E-state index in [0.29, 0.717) is 43.6 Å². The van der Waals surface area contributed by atoms with Crippen molar-refractivity contribution in [1.82, 2.24) is 4.90 Å². The summed E-state index contributed by atoms with van der Waals surface area (Å²) in [6.07, 6.45) is 1.54. The summed E-state index contributed by atoms with van der Waals surface area (Å²) < 4.78 is 14.1. The molecule has 1 saturated heterocycles. The van der Waals surface area contributed by atoms with Gasteiger partial charge in [-0.1, -0.05) is 18.2 Å². The van der Waals surface area contributed by atoms with E-state index in [1.54, 1.807) is 36.1 Å². The second-order valence-electron chi connectivity index (χ2n) is 7.97. The maximum Gasteiger partial charge on any atom is 0.223 e. The van der Waals surface area contributed by atoms with Crippen LogP contribution in [-0.4, -0.2) is 47.9 Å². The van der Waals surface area contributed by atoms with Crippen LogP contribution in [0.25, 0.3) is 0 Å². The van der Waals surface area contributed by atoms with Crippen LogP contribution in [0, 0.1) is 5.82 Å². The summed E-state index contributed by atoms with van der Waals surface area (Å²) in [6, 6.07) is 11.9. The number of nitrogens with zero attached hydrogens (tertiary/aromatic N) is 2. The Morgan fingerprint density at radius 2 is 1.83 bits per heavy atom. The van der Waals surface area contributed by atoms with Crippen molar-refractivity contribution < 1.29 is 19.1 Å². The Morgan fingerprint density at radius 1 is 1.10 bits per heavy atom. The minimum Gasteiger partial charge on any atom is -0.385 e. The Hall–Kier alpha value is -2.57. The minimum atomic E-state index is -1.19. The Morgan fingerprint density at radius 3 is 2.52 bits per heavy atom. The van der Waals surface area contributed by atoms with Gasteiger partial charge in [0.05, 0.1) is 12.1 Å². The van der Waals surface area contributed by atoms with Crippen LogP contribution >= 0.6 is 0 Å². The molecule has 0 radical (unpaired) electrons. The van der Waals surface area contributed by atoms with E-state index in [1.165, 1.54) is 6.07 Å². The second-order valence-corrected chi connectivity index (χ2v) is 7.97. The number of Topliss-reactive ketones (excluding diaryl/α,β-unsaturated/α-hetero) is 1. The number of ketones is 1. The average Bonchev–Trinajstić information content (AvgIpc) is 3.13. The molecule has 5 nitrogen and oxygen atoms in total. The van der Waals surface area contributed by atoms with Crippen molar-refractivity contribution in [3.63, 3.8) is 0 Å². The maximum absolute atomic E-state index is 14.1. The molecule has 0 bridgehead atoms. The molecule has 0 saturated carbocycles. The van der Waals surface area contributed by atoms with E-state index < -0.39 is 11.4 Å². The van der Waals surface area contributed by atoms with Crippen molar-refractivity contribution in [2.24, 2.45) is 0 Å². The number of anilines is 1. The number of likely N-dealkylation sites (tertiary alicyclic amines) is 1. The van der Waals surface area contributed by atoms with E-state index in [0.717, 1.165) is 17.7 Å². The summed E-state index contributed by atoms with van der Waals surface area (Å²) in [4.78, 5) is 28.2. The molecule has 29 heavy (non-hydrogen) atoms. The molecule has 4 rings (SSSR count). The number of hydrogen-bond acceptors (Lipinski definition) is 4. The molecule has 2 aliphatic heterocycles. The summed E-state index contributed by atoms with van der Waals surface area (Å²) in [6.45, 7) is 3.53. The molecule has 2 aromatic carbocycles. The molecular formula is C23H25FN2O3. The number of amides is 1. The molecule has 6 heteroatoms. The first-order valence-electron chi connectivity index (χ1n) is 10.0. The number of halogens is 1. The van der Waals surface area contributed by atoms with Crippen LogP contribution < -0.4 is 4.90 Å². The van der Waals surface area contributed by atoms with E-state index in [4.69, 9.17) is 0 Å². The van der Waals surface area contributed by atoms with Crippen LogP contribution in [0.1, 0.15) is 41.3 Å². The molecule has 2 aromatic rings. The number of fused-ring (bicyclic) bond motifs is 1. The normalized spacial score (nSPS) is 18.5. The molecule has 2 heterocycles. The largest absolute Gasteiger partial charge is 0.385 e. The van der Waals surface area contributed by atoms with Gasteiger partial charge in [0.1, 0.15) is 5.82 Å². The van der Waals surface area contributed by atoms with Gasteiger partial charge in [-0.2, -0.15) is 0 Å². The predicted octanol–water partition coefficient (Wildman–Crippen LogP) is 2.90. The van der Waals surface area contributed by atoms with E-state index in [1.807, 2.05) is 17.0 Å². The van der Waals surface area contributed by atoms with Crippen LogP contribution in [0.3, 0.4) is 0 Å². The highest BCUT2D eigenvalue weighted by atomic mass is 19.1. The fourth-order valence-corrected chi connectivity index (χ4v) is 4.39. The van der Waals surface area contributed by atoms with Crippen LogP contribution in [0.2, 0.25) is 0 Å². The average molecular weight is 396 g/mol. The summed E-state index contributed by atoms with van der Waals surface area (Å²) in [5, 5.41) is 10.9. The molecule has 0 aliphatic carbocycles. The first-order valence-corrected chi connectivity index (χ1v) is 10.0. The van der Waals surface area contributed by atoms with Crippen LogP contribution in [-0.2, 0) is 16.8 Å². The van der Waals surface area contributed by atoms with Gasteiger partial charge in [-0.15, -0.1) is 0 Å². The van der Waals surface area contributed by atoms with Gasteiger partial charge in [0.25, 0.3) is 0 Å². The zero-order valence-electron chi connectivity index (χ0n) is 16.5. The van der Waals surface area contributed by atoms with Crippen molar-refractivity contribution >= 4 is 17.4 Å². The summed E-state index contributed by atoms with van der Waals surface area (Å²) in [5.41, 5.74) is 1.71. The highest BCUT2D eigenvalue weighted by Crippen LogP contribution is 2.34. The Labute approximate surface area is 169 Å². The zero-order chi connectivity index (χ0) is 20.6. The smallest absolute Gasteiger partial charge is 0.223 e. The lowest BCUT2D eigenvalue weighted by molar-refractivity contribution is -0.116. The van der Waals surface area contributed by atoms with E-state index >= 15 is 0 Å². The first-order chi connectivity index (χ1) is 13.9. The number of benzene rings is 2. The first kappa shape index (κ1) is 19.7. The molecule has 152 valence electrons. The third-order valence-electron chi connectivity index (χ3n) is 6.10. The summed E-state index contributed by atoms with van der Waals surface area (Å²) in [7, 11) is 0. The van der Waals surface area contributed by atoms with Crippen LogP contribution in [0.5, 0.6) is 0 Å². The van der Waals surface area contributed by atoms with Crippen molar-refractivity contribution in [1.29, 1.82) is 0 Å². The second kappa shape index (κ2) is 7.69. The molecule has 0 aromatic heterocycles. The Kier molecular flexibility index (Phi) is 5.23. The van der Waals surface area contributed by atoms with Crippen LogP contribution in [0.15, 0.2) is 42.5 Å². The lowest BCUT2D eigenvalue weighted by Crippen LogP contribution is -2.44. The third-order valence-corrected chi connectivity index (χ3v) is 6.10. The highest BCUT2D eigenvalue weighted by Gasteiger charge is 2.36. The lowest BCUT2D eigenvalue weighted by atomic mass is 9.84. The van der Waals surface area contributed by atoms with Crippen molar-refractivity contribution in [3.8, 4) is 0 Å². The van der Waals surface area contributed by atoms with Gasteiger partial charge in [-0.3, -0.25) is 14.5 Å². The molecule has 0 spiro atoms. The third kappa shape index (κ3) is 3.82. The quantitative estimate of drug-likeness (QED) is 0.808. The number of aliphatic hydroxyl groups is 1. The number of carbonyl (C=O) groups is 2. The maximum atomic E-state index is 14.1. The predicted molar refractivity (Wildman–Crippen MR) is 108 cm³/mol. The van der Waals surface area contributed by atoms with Crippen molar-refractivity contribution in [3.05, 3.63) is 65.0 Å². The van der Waals surface area contributed by atoms with Crippen molar-refractivity contribution in [2.75, 3.05) is 31.1 Å². The summed E-state index contributed by atoms with van der Waals surface area (Å²) in [5.74, 6) is -0.360. The number of hydrogen-bond donors (Lipinski definition) is 1. The molecule has 2 aliphatic rings. The van der Waals surface area contributed by atoms with E-state index in [9.17, 15) is 19.1 Å². The van der Waals surface area contributed by atoms with Crippen molar-refractivity contribution in [2.45, 2.75) is 31.8 Å². The molecular weight excluding hydrogens is 371 g/mol.